The number of hydrogen-bond acceptors (Lipinski definition) is 3. The molecule has 0 saturated carbocycles. The molecule has 3 rings (SSSR count). The first-order valence-electron chi connectivity index (χ1n) is 7.61. The molecule has 0 aromatic heterocycles. The number of allylic oxidation sites excluding steroid dienone is 2. The van der Waals surface area contributed by atoms with Crippen molar-refractivity contribution >= 4 is 5.78 Å². The van der Waals surface area contributed by atoms with Gasteiger partial charge in [-0.2, -0.15) is 0 Å². The molecule has 1 heterocycles. The Kier molecular flexibility index (Phi) is 4.22. The molecular weight excluding hydrogens is 264 g/mol. The van der Waals surface area contributed by atoms with Gasteiger partial charge in [0.2, 0.25) is 6.29 Å². The minimum atomic E-state index is -0.697. The Morgan fingerprint density at radius 2 is 1.86 bits per heavy atom. The Labute approximate surface area is 125 Å². The van der Waals surface area contributed by atoms with Gasteiger partial charge in [0.25, 0.3) is 0 Å². The molecule has 112 valence electrons. The molecule has 1 aromatic rings. The zero-order chi connectivity index (χ0) is 14.8. The molecule has 1 aliphatic heterocycles. The summed E-state index contributed by atoms with van der Waals surface area (Å²) >= 11 is 0. The SMILES string of the molecule is CC1=C(C)C[C@H]2C(=O)[C@H](OCc3ccccc3)OC[C@@H]2C1. The lowest BCUT2D eigenvalue weighted by molar-refractivity contribution is -0.198. The molecule has 0 unspecified atom stereocenters. The molecule has 21 heavy (non-hydrogen) atoms. The minimum Gasteiger partial charge on any atom is -0.346 e. The number of ether oxygens (including phenoxy) is 2. The van der Waals surface area contributed by atoms with Gasteiger partial charge in [-0.1, -0.05) is 41.5 Å². The van der Waals surface area contributed by atoms with Crippen molar-refractivity contribution in [3.8, 4) is 0 Å². The molecular formula is C18H22O3. The summed E-state index contributed by atoms with van der Waals surface area (Å²) in [4.78, 5) is 12.6. The molecule has 0 spiro atoms. The number of hydrogen-bond donors (Lipinski definition) is 0. The molecule has 0 amide bonds. The second kappa shape index (κ2) is 6.12. The summed E-state index contributed by atoms with van der Waals surface area (Å²) in [6.07, 6.45) is 1.15. The van der Waals surface area contributed by atoms with Gasteiger partial charge in [0.1, 0.15) is 0 Å². The molecule has 2 aliphatic rings. The van der Waals surface area contributed by atoms with Crippen LogP contribution in [0.4, 0.5) is 0 Å². The number of rotatable bonds is 3. The average molecular weight is 286 g/mol. The highest BCUT2D eigenvalue weighted by atomic mass is 16.7. The van der Waals surface area contributed by atoms with Crippen molar-refractivity contribution in [3.05, 3.63) is 47.0 Å². The van der Waals surface area contributed by atoms with Gasteiger partial charge >= 0.3 is 0 Å². The molecule has 0 bridgehead atoms. The lowest BCUT2D eigenvalue weighted by atomic mass is 9.73. The van der Waals surface area contributed by atoms with Crippen molar-refractivity contribution in [1.82, 2.24) is 0 Å². The molecule has 3 nitrogen and oxygen atoms in total. The van der Waals surface area contributed by atoms with Crippen molar-refractivity contribution in [2.45, 2.75) is 39.6 Å². The van der Waals surface area contributed by atoms with E-state index in [-0.39, 0.29) is 11.7 Å². The molecule has 1 fully saturated rings. The van der Waals surface area contributed by atoms with E-state index in [1.807, 2.05) is 30.3 Å². The molecule has 0 N–H and O–H groups in total. The summed E-state index contributed by atoms with van der Waals surface area (Å²) in [7, 11) is 0. The number of benzene rings is 1. The van der Waals surface area contributed by atoms with Crippen molar-refractivity contribution in [3.63, 3.8) is 0 Å². The number of ketones is 1. The Morgan fingerprint density at radius 3 is 2.62 bits per heavy atom. The van der Waals surface area contributed by atoms with E-state index in [1.54, 1.807) is 0 Å². The van der Waals surface area contributed by atoms with Gasteiger partial charge in [-0.05, 0) is 38.2 Å². The van der Waals surface area contributed by atoms with E-state index in [2.05, 4.69) is 13.8 Å². The molecule has 3 atom stereocenters. The fourth-order valence-corrected chi connectivity index (χ4v) is 3.23. The Morgan fingerprint density at radius 1 is 1.14 bits per heavy atom. The van der Waals surface area contributed by atoms with E-state index >= 15 is 0 Å². The third kappa shape index (κ3) is 3.09. The Balaban J connectivity index is 1.63. The van der Waals surface area contributed by atoms with Gasteiger partial charge in [0.15, 0.2) is 5.78 Å². The fourth-order valence-electron chi connectivity index (χ4n) is 3.23. The third-order valence-corrected chi connectivity index (χ3v) is 4.70. The molecule has 1 aromatic carbocycles. The van der Waals surface area contributed by atoms with Gasteiger partial charge < -0.3 is 9.47 Å². The van der Waals surface area contributed by atoms with Crippen LogP contribution in [0.3, 0.4) is 0 Å². The number of carbonyl (C=O) groups is 1. The minimum absolute atomic E-state index is 0.0724. The topological polar surface area (TPSA) is 35.5 Å². The van der Waals surface area contributed by atoms with Gasteiger partial charge in [-0.25, -0.2) is 0 Å². The van der Waals surface area contributed by atoms with Crippen LogP contribution in [0.25, 0.3) is 0 Å². The summed E-state index contributed by atoms with van der Waals surface area (Å²) in [5.41, 5.74) is 3.83. The number of fused-ring (bicyclic) bond motifs is 1. The summed E-state index contributed by atoms with van der Waals surface area (Å²) in [6.45, 7) is 5.34. The van der Waals surface area contributed by atoms with Crippen molar-refractivity contribution in [2.75, 3.05) is 6.61 Å². The zero-order valence-corrected chi connectivity index (χ0v) is 12.7. The quantitative estimate of drug-likeness (QED) is 0.798. The highest BCUT2D eigenvalue weighted by molar-refractivity contribution is 5.85. The first kappa shape index (κ1) is 14.5. The highest BCUT2D eigenvalue weighted by Gasteiger charge is 2.41. The number of carbonyl (C=O) groups excluding carboxylic acids is 1. The van der Waals surface area contributed by atoms with Gasteiger partial charge in [-0.3, -0.25) is 4.79 Å². The van der Waals surface area contributed by atoms with Gasteiger partial charge in [-0.15, -0.1) is 0 Å². The summed E-state index contributed by atoms with van der Waals surface area (Å²) in [5.74, 6) is 0.523. The smallest absolute Gasteiger partial charge is 0.218 e. The Hall–Kier alpha value is -1.45. The largest absolute Gasteiger partial charge is 0.346 e. The van der Waals surface area contributed by atoms with E-state index in [1.165, 1.54) is 11.1 Å². The van der Waals surface area contributed by atoms with E-state index in [0.717, 1.165) is 18.4 Å². The number of Topliss-reactive ketones (excluding diaryl/α,β-unsaturated/α-hetero) is 1. The van der Waals surface area contributed by atoms with Crippen LogP contribution in [0.5, 0.6) is 0 Å². The third-order valence-electron chi connectivity index (χ3n) is 4.70. The predicted molar refractivity (Wildman–Crippen MR) is 80.6 cm³/mol. The van der Waals surface area contributed by atoms with Gasteiger partial charge in [0, 0.05) is 5.92 Å². The molecule has 0 radical (unpaired) electrons. The van der Waals surface area contributed by atoms with Crippen molar-refractivity contribution in [1.29, 1.82) is 0 Å². The first-order chi connectivity index (χ1) is 10.1. The van der Waals surface area contributed by atoms with E-state index in [0.29, 0.717) is 19.1 Å². The maximum Gasteiger partial charge on any atom is 0.218 e. The van der Waals surface area contributed by atoms with Crippen molar-refractivity contribution in [2.24, 2.45) is 11.8 Å². The second-order valence-corrected chi connectivity index (χ2v) is 6.20. The molecule has 3 heteroatoms. The van der Waals surface area contributed by atoms with Crippen LogP contribution in [0.1, 0.15) is 32.3 Å². The standard InChI is InChI=1S/C18H22O3/c1-12-8-15-11-21-18(17(19)16(15)9-13(12)2)20-10-14-6-4-3-5-7-14/h3-7,15-16,18H,8-11H2,1-2H3/t15-,16+,18+/m0/s1. The van der Waals surface area contributed by atoms with Crippen LogP contribution in [-0.4, -0.2) is 18.7 Å². The zero-order valence-electron chi connectivity index (χ0n) is 12.7. The van der Waals surface area contributed by atoms with Crippen LogP contribution < -0.4 is 0 Å². The van der Waals surface area contributed by atoms with Crippen LogP contribution in [0, 0.1) is 11.8 Å². The Bertz CT molecular complexity index is 547. The first-order valence-corrected chi connectivity index (χ1v) is 7.61. The summed E-state index contributed by atoms with van der Waals surface area (Å²) in [5, 5.41) is 0. The maximum atomic E-state index is 12.6. The van der Waals surface area contributed by atoms with Crippen LogP contribution >= 0.6 is 0 Å². The summed E-state index contributed by atoms with van der Waals surface area (Å²) in [6, 6.07) is 9.89. The van der Waals surface area contributed by atoms with Crippen LogP contribution in [-0.2, 0) is 20.9 Å². The lowest BCUT2D eigenvalue weighted by Gasteiger charge is -2.38. The molecule has 1 saturated heterocycles. The second-order valence-electron chi connectivity index (χ2n) is 6.20. The average Bonchev–Trinajstić information content (AvgIpc) is 2.50. The lowest BCUT2D eigenvalue weighted by Crippen LogP contribution is -2.45. The monoisotopic (exact) mass is 286 g/mol. The van der Waals surface area contributed by atoms with Crippen LogP contribution in [0.15, 0.2) is 41.5 Å². The van der Waals surface area contributed by atoms with E-state index < -0.39 is 6.29 Å². The normalized spacial score (nSPS) is 29.4. The van der Waals surface area contributed by atoms with Crippen molar-refractivity contribution < 1.29 is 14.3 Å². The van der Waals surface area contributed by atoms with E-state index in [9.17, 15) is 4.79 Å². The predicted octanol–water partition coefficient (Wildman–Crippen LogP) is 3.49. The summed E-state index contributed by atoms with van der Waals surface area (Å²) < 4.78 is 11.4. The fraction of sp³-hybridized carbons (Fsp3) is 0.500. The van der Waals surface area contributed by atoms with E-state index in [4.69, 9.17) is 9.47 Å². The van der Waals surface area contributed by atoms with Crippen LogP contribution in [0.2, 0.25) is 0 Å². The maximum absolute atomic E-state index is 12.6. The molecule has 1 aliphatic carbocycles. The highest BCUT2D eigenvalue weighted by Crippen LogP contribution is 2.38. The van der Waals surface area contributed by atoms with Gasteiger partial charge in [0.05, 0.1) is 13.2 Å².